The van der Waals surface area contributed by atoms with Crippen molar-refractivity contribution in [3.8, 4) is 11.1 Å². The fourth-order valence-electron chi connectivity index (χ4n) is 3.99. The lowest BCUT2D eigenvalue weighted by atomic mass is 9.98. The molecule has 0 amide bonds. The molecule has 1 atom stereocenters. The van der Waals surface area contributed by atoms with E-state index in [9.17, 15) is 5.11 Å². The molecule has 0 spiro atoms. The van der Waals surface area contributed by atoms with E-state index in [0.717, 1.165) is 53.4 Å². The summed E-state index contributed by atoms with van der Waals surface area (Å²) in [6, 6.07) is 8.46. The first kappa shape index (κ1) is 17.1. The number of rotatable bonds is 4. The van der Waals surface area contributed by atoms with E-state index in [2.05, 4.69) is 38.2 Å². The van der Waals surface area contributed by atoms with Crippen LogP contribution in [0, 0.1) is 5.92 Å². The topological polar surface area (TPSA) is 79.4 Å². The zero-order chi connectivity index (χ0) is 19.1. The van der Waals surface area contributed by atoms with Crippen molar-refractivity contribution in [1.82, 2.24) is 19.7 Å². The van der Waals surface area contributed by atoms with Crippen molar-refractivity contribution in [2.45, 2.75) is 13.0 Å². The molecule has 0 aliphatic carbocycles. The lowest BCUT2D eigenvalue weighted by Crippen LogP contribution is -2.22. The number of nitrogens with zero attached hydrogens (tertiary/aromatic N) is 6. The molecule has 1 aromatic carbocycles. The Bertz CT molecular complexity index is 1060. The van der Waals surface area contributed by atoms with E-state index in [1.807, 2.05) is 30.2 Å². The number of hydrogen-bond acceptors (Lipinski definition) is 6. The van der Waals surface area contributed by atoms with Crippen LogP contribution in [0.5, 0.6) is 0 Å². The largest absolute Gasteiger partial charge is 0.396 e. The van der Waals surface area contributed by atoms with Crippen LogP contribution in [-0.4, -0.2) is 50.3 Å². The zero-order valence-electron chi connectivity index (χ0n) is 15.8. The number of aliphatic imine (C=N–C) groups is 1. The third-order valence-electron chi connectivity index (χ3n) is 5.57. The average molecular weight is 374 g/mol. The van der Waals surface area contributed by atoms with Crippen LogP contribution in [0.25, 0.3) is 11.1 Å². The Morgan fingerprint density at radius 2 is 2.11 bits per heavy atom. The molecule has 5 rings (SSSR count). The van der Waals surface area contributed by atoms with Crippen molar-refractivity contribution in [3.63, 3.8) is 0 Å². The second-order valence-electron chi connectivity index (χ2n) is 7.48. The SMILES string of the molecule is Cn1cc(-c2ccc3c(c2)C(c2cc(N4CC[C@H](CO)C4)ncn2)=NC3)cn1. The Balaban J connectivity index is 1.47. The van der Waals surface area contributed by atoms with E-state index in [4.69, 9.17) is 4.99 Å². The van der Waals surface area contributed by atoms with Crippen LogP contribution >= 0.6 is 0 Å². The maximum absolute atomic E-state index is 9.40. The molecule has 4 heterocycles. The quantitative estimate of drug-likeness (QED) is 0.756. The van der Waals surface area contributed by atoms with Gasteiger partial charge in [0.05, 0.1) is 24.1 Å². The van der Waals surface area contributed by atoms with Crippen molar-refractivity contribution in [2.24, 2.45) is 18.0 Å². The summed E-state index contributed by atoms with van der Waals surface area (Å²) in [4.78, 5) is 15.9. The molecule has 7 nitrogen and oxygen atoms in total. The molecule has 0 saturated carbocycles. The minimum Gasteiger partial charge on any atom is -0.396 e. The Morgan fingerprint density at radius 3 is 2.89 bits per heavy atom. The predicted molar refractivity (Wildman–Crippen MR) is 107 cm³/mol. The molecule has 0 radical (unpaired) electrons. The molecule has 2 aromatic heterocycles. The van der Waals surface area contributed by atoms with Crippen molar-refractivity contribution in [1.29, 1.82) is 0 Å². The first-order valence-electron chi connectivity index (χ1n) is 9.56. The third-order valence-corrected chi connectivity index (χ3v) is 5.57. The molecule has 1 fully saturated rings. The fourth-order valence-corrected chi connectivity index (χ4v) is 3.99. The highest BCUT2D eigenvalue weighted by Gasteiger charge is 2.25. The van der Waals surface area contributed by atoms with Crippen molar-refractivity contribution < 1.29 is 5.11 Å². The Hall–Kier alpha value is -3.06. The molecule has 2 aliphatic heterocycles. The van der Waals surface area contributed by atoms with Gasteiger partial charge in [-0.15, -0.1) is 0 Å². The summed E-state index contributed by atoms with van der Waals surface area (Å²) in [5.41, 5.74) is 6.32. The smallest absolute Gasteiger partial charge is 0.132 e. The highest BCUT2D eigenvalue weighted by Crippen LogP contribution is 2.29. The number of aliphatic hydroxyl groups excluding tert-OH is 1. The minimum absolute atomic E-state index is 0.228. The molecule has 0 bridgehead atoms. The van der Waals surface area contributed by atoms with Crippen LogP contribution in [0.3, 0.4) is 0 Å². The highest BCUT2D eigenvalue weighted by molar-refractivity contribution is 6.14. The number of aryl methyl sites for hydroxylation is 1. The first-order chi connectivity index (χ1) is 13.7. The van der Waals surface area contributed by atoms with E-state index < -0.39 is 0 Å². The molecule has 7 heteroatoms. The van der Waals surface area contributed by atoms with Gasteiger partial charge in [0.2, 0.25) is 0 Å². The van der Waals surface area contributed by atoms with Gasteiger partial charge in [-0.25, -0.2) is 9.97 Å². The lowest BCUT2D eigenvalue weighted by molar-refractivity contribution is 0.238. The van der Waals surface area contributed by atoms with Gasteiger partial charge >= 0.3 is 0 Å². The van der Waals surface area contributed by atoms with Crippen LogP contribution in [0.15, 0.2) is 48.0 Å². The normalized spacial score (nSPS) is 18.4. The highest BCUT2D eigenvalue weighted by atomic mass is 16.3. The Morgan fingerprint density at radius 1 is 1.18 bits per heavy atom. The lowest BCUT2D eigenvalue weighted by Gasteiger charge is -2.17. The number of aromatic nitrogens is 4. The van der Waals surface area contributed by atoms with Crippen LogP contribution in [0.2, 0.25) is 0 Å². The van der Waals surface area contributed by atoms with Gasteiger partial charge in [-0.3, -0.25) is 9.67 Å². The van der Waals surface area contributed by atoms with E-state index in [-0.39, 0.29) is 6.61 Å². The Labute approximate surface area is 163 Å². The second-order valence-corrected chi connectivity index (χ2v) is 7.48. The molecule has 1 saturated heterocycles. The molecule has 0 unspecified atom stereocenters. The third kappa shape index (κ3) is 2.97. The maximum Gasteiger partial charge on any atom is 0.132 e. The van der Waals surface area contributed by atoms with Gasteiger partial charge in [-0.1, -0.05) is 12.1 Å². The second kappa shape index (κ2) is 6.83. The van der Waals surface area contributed by atoms with Gasteiger partial charge in [0.15, 0.2) is 0 Å². The molecule has 3 aromatic rings. The van der Waals surface area contributed by atoms with Gasteiger partial charge in [0.25, 0.3) is 0 Å². The maximum atomic E-state index is 9.40. The number of hydrogen-bond donors (Lipinski definition) is 1. The standard InChI is InChI=1S/C21H22N6O/c1-26-11-17(9-25-26)15-2-3-16-8-22-21(18(16)6-15)19-7-20(24-13-23-19)27-5-4-14(10-27)12-28/h2-3,6-7,9,11,13-14,28H,4-5,8,10,12H2,1H3/t14-/m0/s1. The van der Waals surface area contributed by atoms with Crippen LogP contribution in [0.1, 0.15) is 23.2 Å². The van der Waals surface area contributed by atoms with Crippen LogP contribution < -0.4 is 4.90 Å². The Kier molecular flexibility index (Phi) is 4.16. The molecule has 2 aliphatic rings. The van der Waals surface area contributed by atoms with Gasteiger partial charge in [0, 0.05) is 56.1 Å². The summed E-state index contributed by atoms with van der Waals surface area (Å²) in [6.07, 6.45) is 6.50. The van der Waals surface area contributed by atoms with Gasteiger partial charge in [0.1, 0.15) is 12.1 Å². The van der Waals surface area contributed by atoms with Crippen LogP contribution in [0.4, 0.5) is 5.82 Å². The van der Waals surface area contributed by atoms with Crippen molar-refractivity contribution in [3.05, 3.63) is 59.8 Å². The number of benzene rings is 1. The van der Waals surface area contributed by atoms with Gasteiger partial charge in [-0.2, -0.15) is 5.10 Å². The molecular weight excluding hydrogens is 352 g/mol. The minimum atomic E-state index is 0.228. The summed E-state index contributed by atoms with van der Waals surface area (Å²) in [7, 11) is 1.92. The van der Waals surface area contributed by atoms with Crippen molar-refractivity contribution >= 4 is 11.5 Å². The molecular formula is C21H22N6O. The zero-order valence-corrected chi connectivity index (χ0v) is 15.8. The number of aliphatic hydroxyl groups is 1. The van der Waals surface area contributed by atoms with E-state index in [1.54, 1.807) is 6.33 Å². The van der Waals surface area contributed by atoms with E-state index >= 15 is 0 Å². The molecule has 142 valence electrons. The molecule has 28 heavy (non-hydrogen) atoms. The predicted octanol–water partition coefficient (Wildman–Crippen LogP) is 2.05. The van der Waals surface area contributed by atoms with Crippen molar-refractivity contribution in [2.75, 3.05) is 24.6 Å². The van der Waals surface area contributed by atoms with Crippen LogP contribution in [-0.2, 0) is 13.6 Å². The average Bonchev–Trinajstić information content (AvgIpc) is 3.46. The summed E-state index contributed by atoms with van der Waals surface area (Å²) >= 11 is 0. The number of fused-ring (bicyclic) bond motifs is 1. The fraction of sp³-hybridized carbons (Fsp3) is 0.333. The van der Waals surface area contributed by atoms with E-state index in [0.29, 0.717) is 12.5 Å². The summed E-state index contributed by atoms with van der Waals surface area (Å²) in [5, 5.41) is 13.7. The monoisotopic (exact) mass is 374 g/mol. The van der Waals surface area contributed by atoms with Gasteiger partial charge < -0.3 is 10.0 Å². The summed E-state index contributed by atoms with van der Waals surface area (Å²) < 4.78 is 1.81. The van der Waals surface area contributed by atoms with E-state index in [1.165, 1.54) is 5.56 Å². The number of anilines is 1. The summed E-state index contributed by atoms with van der Waals surface area (Å²) in [5.74, 6) is 1.23. The molecule has 1 N–H and O–H groups in total. The van der Waals surface area contributed by atoms with Gasteiger partial charge in [-0.05, 0) is 23.6 Å². The first-order valence-corrected chi connectivity index (χ1v) is 9.56. The summed E-state index contributed by atoms with van der Waals surface area (Å²) in [6.45, 7) is 2.65.